The summed E-state index contributed by atoms with van der Waals surface area (Å²) in [6, 6.07) is 6.77. The molecule has 0 saturated heterocycles. The number of benzene rings is 2. The summed E-state index contributed by atoms with van der Waals surface area (Å²) in [5.41, 5.74) is -0.513. The van der Waals surface area contributed by atoms with Crippen LogP contribution in [-0.2, 0) is 20.8 Å². The minimum atomic E-state index is -4.54. The summed E-state index contributed by atoms with van der Waals surface area (Å²) >= 11 is 0. The molecule has 0 radical (unpaired) electrons. The Bertz CT molecular complexity index is 1110. The van der Waals surface area contributed by atoms with Crippen molar-refractivity contribution in [3.05, 3.63) is 53.6 Å². The van der Waals surface area contributed by atoms with E-state index < -0.39 is 39.4 Å². The average molecular weight is 440 g/mol. The van der Waals surface area contributed by atoms with Gasteiger partial charge in [-0.05, 0) is 48.4 Å². The molecule has 1 aliphatic heterocycles. The van der Waals surface area contributed by atoms with E-state index in [1.807, 2.05) is 0 Å². The first-order chi connectivity index (χ1) is 13.8. The fourth-order valence-electron chi connectivity index (χ4n) is 3.31. The predicted molar refractivity (Wildman–Crippen MR) is 105 cm³/mol. The number of nitrogens with one attached hydrogen (secondary N) is 1. The van der Waals surface area contributed by atoms with Gasteiger partial charge in [-0.3, -0.25) is 14.5 Å². The molecule has 3 rings (SSSR count). The van der Waals surface area contributed by atoms with E-state index in [1.54, 1.807) is 13.8 Å². The van der Waals surface area contributed by atoms with Crippen molar-refractivity contribution in [3.63, 3.8) is 0 Å². The fraction of sp³-hybridized carbons (Fsp3) is 0.300. The molecule has 1 N–H and O–H groups in total. The summed E-state index contributed by atoms with van der Waals surface area (Å²) < 4.78 is 62.2. The predicted octanol–water partition coefficient (Wildman–Crippen LogP) is 3.73. The monoisotopic (exact) mass is 440 g/mol. The van der Waals surface area contributed by atoms with Gasteiger partial charge in [0.2, 0.25) is 5.91 Å². The second-order valence-electron chi connectivity index (χ2n) is 7.38. The van der Waals surface area contributed by atoms with Crippen molar-refractivity contribution in [3.8, 4) is 0 Å². The number of sulfone groups is 1. The van der Waals surface area contributed by atoms with Crippen LogP contribution in [0.5, 0.6) is 0 Å². The molecule has 0 unspecified atom stereocenters. The molecule has 0 fully saturated rings. The molecular formula is C20H19F3N2O4S. The van der Waals surface area contributed by atoms with Crippen LogP contribution < -0.4 is 10.2 Å². The van der Waals surface area contributed by atoms with Gasteiger partial charge in [-0.15, -0.1) is 0 Å². The third-order valence-corrected chi connectivity index (χ3v) is 5.88. The van der Waals surface area contributed by atoms with Crippen LogP contribution in [0.3, 0.4) is 0 Å². The first-order valence-corrected chi connectivity index (χ1v) is 10.9. The Labute approximate surface area is 171 Å². The van der Waals surface area contributed by atoms with Crippen molar-refractivity contribution in [2.24, 2.45) is 5.92 Å². The van der Waals surface area contributed by atoms with Crippen LogP contribution in [0, 0.1) is 5.92 Å². The Morgan fingerprint density at radius 1 is 1.10 bits per heavy atom. The lowest BCUT2D eigenvalue weighted by atomic mass is 9.96. The highest BCUT2D eigenvalue weighted by Crippen LogP contribution is 2.37. The summed E-state index contributed by atoms with van der Waals surface area (Å²) in [6.07, 6.45) is -3.52. The van der Waals surface area contributed by atoms with Crippen molar-refractivity contribution in [1.29, 1.82) is 0 Å². The van der Waals surface area contributed by atoms with E-state index >= 15 is 0 Å². The molecular weight excluding hydrogens is 421 g/mol. The van der Waals surface area contributed by atoms with Crippen LogP contribution in [0.15, 0.2) is 47.4 Å². The van der Waals surface area contributed by atoms with Gasteiger partial charge in [-0.2, -0.15) is 13.2 Å². The highest BCUT2D eigenvalue weighted by atomic mass is 32.2. The number of rotatable bonds is 3. The Hall–Kier alpha value is -2.88. The van der Waals surface area contributed by atoms with Gasteiger partial charge in [0.05, 0.1) is 21.8 Å². The second kappa shape index (κ2) is 7.42. The van der Waals surface area contributed by atoms with Gasteiger partial charge in [0.25, 0.3) is 5.91 Å². The minimum Gasteiger partial charge on any atom is -0.322 e. The number of hydrogen-bond donors (Lipinski definition) is 1. The molecule has 0 aromatic heterocycles. The summed E-state index contributed by atoms with van der Waals surface area (Å²) in [5.74, 6) is -1.49. The number of amides is 2. The van der Waals surface area contributed by atoms with Gasteiger partial charge in [-0.1, -0.05) is 13.8 Å². The van der Waals surface area contributed by atoms with Gasteiger partial charge in [-0.25, -0.2) is 8.42 Å². The standard InChI is InChI=1S/C20H19F3N2O4S/c1-11(2)17-18(26)24-15-10-14(30(3,28)29)8-9-16(15)25(17)19(27)12-4-6-13(7-5-12)20(21,22)23/h4-11,17H,1-3H3,(H,24,26)/t17-/m0/s1. The number of carbonyl (C=O) groups is 2. The summed E-state index contributed by atoms with van der Waals surface area (Å²) in [7, 11) is -3.55. The summed E-state index contributed by atoms with van der Waals surface area (Å²) in [6.45, 7) is 3.46. The Balaban J connectivity index is 2.10. The van der Waals surface area contributed by atoms with Crippen molar-refractivity contribution < 1.29 is 31.2 Å². The molecule has 2 aromatic carbocycles. The SMILES string of the molecule is CC(C)[C@H]1C(=O)Nc2cc(S(C)(=O)=O)ccc2N1C(=O)c1ccc(C(F)(F)F)cc1. The minimum absolute atomic E-state index is 0.0264. The Morgan fingerprint density at radius 3 is 2.20 bits per heavy atom. The third-order valence-electron chi connectivity index (χ3n) is 4.77. The van der Waals surface area contributed by atoms with Crippen LogP contribution in [0.2, 0.25) is 0 Å². The van der Waals surface area contributed by atoms with E-state index in [0.29, 0.717) is 0 Å². The molecule has 30 heavy (non-hydrogen) atoms. The molecule has 10 heteroatoms. The number of hydrogen-bond acceptors (Lipinski definition) is 4. The first-order valence-electron chi connectivity index (χ1n) is 8.96. The van der Waals surface area contributed by atoms with E-state index in [0.717, 1.165) is 30.5 Å². The quantitative estimate of drug-likeness (QED) is 0.788. The van der Waals surface area contributed by atoms with E-state index in [2.05, 4.69) is 5.32 Å². The highest BCUT2D eigenvalue weighted by Gasteiger charge is 2.40. The Morgan fingerprint density at radius 2 is 1.70 bits per heavy atom. The van der Waals surface area contributed by atoms with Crippen molar-refractivity contribution in [2.45, 2.75) is 31.0 Å². The molecule has 1 aliphatic rings. The van der Waals surface area contributed by atoms with Crippen molar-refractivity contribution >= 4 is 33.0 Å². The molecule has 160 valence electrons. The lowest BCUT2D eigenvalue weighted by molar-refractivity contribution is -0.137. The number of halogens is 3. The topological polar surface area (TPSA) is 83.6 Å². The van der Waals surface area contributed by atoms with Crippen LogP contribution in [-0.4, -0.2) is 32.5 Å². The number of fused-ring (bicyclic) bond motifs is 1. The number of alkyl halides is 3. The zero-order valence-electron chi connectivity index (χ0n) is 16.3. The van der Waals surface area contributed by atoms with E-state index in [4.69, 9.17) is 0 Å². The lowest BCUT2D eigenvalue weighted by Crippen LogP contribution is -2.53. The molecule has 1 atom stereocenters. The highest BCUT2D eigenvalue weighted by molar-refractivity contribution is 7.90. The normalized spacial score (nSPS) is 17.0. The number of carbonyl (C=O) groups excluding carboxylic acids is 2. The zero-order chi connectivity index (χ0) is 22.4. The fourth-order valence-corrected chi connectivity index (χ4v) is 3.95. The van der Waals surface area contributed by atoms with Gasteiger partial charge in [0.15, 0.2) is 9.84 Å². The van der Waals surface area contributed by atoms with Crippen molar-refractivity contribution in [2.75, 3.05) is 16.5 Å². The molecule has 0 aliphatic carbocycles. The molecule has 1 heterocycles. The van der Waals surface area contributed by atoms with Crippen molar-refractivity contribution in [1.82, 2.24) is 0 Å². The maximum atomic E-state index is 13.2. The molecule has 0 bridgehead atoms. The smallest absolute Gasteiger partial charge is 0.322 e. The van der Waals surface area contributed by atoms with E-state index in [1.165, 1.54) is 23.1 Å². The lowest BCUT2D eigenvalue weighted by Gasteiger charge is -2.38. The number of anilines is 2. The average Bonchev–Trinajstić information content (AvgIpc) is 2.64. The van der Waals surface area contributed by atoms with E-state index in [9.17, 15) is 31.2 Å². The maximum absolute atomic E-state index is 13.2. The molecule has 0 saturated carbocycles. The van der Waals surface area contributed by atoms with Gasteiger partial charge in [0.1, 0.15) is 6.04 Å². The first kappa shape index (κ1) is 21.8. The van der Waals surface area contributed by atoms with Crippen LogP contribution in [0.25, 0.3) is 0 Å². The van der Waals surface area contributed by atoms with Crippen LogP contribution >= 0.6 is 0 Å². The van der Waals surface area contributed by atoms with Gasteiger partial charge < -0.3 is 5.32 Å². The van der Waals surface area contributed by atoms with Gasteiger partial charge >= 0.3 is 6.18 Å². The molecule has 2 aromatic rings. The van der Waals surface area contributed by atoms with Crippen LogP contribution in [0.4, 0.5) is 24.5 Å². The summed E-state index contributed by atoms with van der Waals surface area (Å²) in [4.78, 5) is 27.1. The zero-order valence-corrected chi connectivity index (χ0v) is 17.1. The number of nitrogens with zero attached hydrogens (tertiary/aromatic N) is 1. The largest absolute Gasteiger partial charge is 0.416 e. The Kier molecular flexibility index (Phi) is 5.40. The van der Waals surface area contributed by atoms with Crippen LogP contribution in [0.1, 0.15) is 29.8 Å². The van der Waals surface area contributed by atoms with Gasteiger partial charge in [0, 0.05) is 11.8 Å². The van der Waals surface area contributed by atoms with E-state index in [-0.39, 0.29) is 27.8 Å². The summed E-state index contributed by atoms with van der Waals surface area (Å²) in [5, 5.41) is 2.62. The molecule has 2 amide bonds. The molecule has 0 spiro atoms. The second-order valence-corrected chi connectivity index (χ2v) is 9.40. The third kappa shape index (κ3) is 4.04. The maximum Gasteiger partial charge on any atom is 0.416 e. The molecule has 6 nitrogen and oxygen atoms in total.